The van der Waals surface area contributed by atoms with Crippen molar-refractivity contribution in [2.24, 2.45) is 0 Å². The average Bonchev–Trinajstić information content (AvgIpc) is 3.24. The van der Waals surface area contributed by atoms with Crippen LogP contribution in [0.3, 0.4) is 0 Å². The molecule has 6 nitrogen and oxygen atoms in total. The van der Waals surface area contributed by atoms with Crippen LogP contribution in [0.25, 0.3) is 16.9 Å². The number of carbonyl (C=O) groups excluding carboxylic acids is 1. The number of hydrogen-bond donors (Lipinski definition) is 0. The van der Waals surface area contributed by atoms with Gasteiger partial charge in [0, 0.05) is 30.9 Å². The molecule has 1 saturated heterocycles. The molecule has 2 aromatic carbocycles. The number of benzene rings is 2. The molecule has 1 aliphatic rings. The molecule has 4 rings (SSSR count). The molecule has 0 bridgehead atoms. The minimum Gasteiger partial charge on any atom is -0.497 e. The summed E-state index contributed by atoms with van der Waals surface area (Å²) in [5.41, 5.74) is 3.97. The Kier molecular flexibility index (Phi) is 5.57. The van der Waals surface area contributed by atoms with Gasteiger partial charge in [-0.05, 0) is 37.1 Å². The minimum atomic E-state index is -0.0300. The predicted octanol–water partition coefficient (Wildman–Crippen LogP) is 4.35. The van der Waals surface area contributed by atoms with Crippen LogP contribution in [-0.2, 0) is 0 Å². The zero-order valence-corrected chi connectivity index (χ0v) is 17.3. The number of likely N-dealkylation sites (tertiary alicyclic amines) is 1. The van der Waals surface area contributed by atoms with Gasteiger partial charge in [-0.2, -0.15) is 5.10 Å². The highest BCUT2D eigenvalue weighted by Crippen LogP contribution is 2.35. The average molecular weight is 403 g/mol. The lowest BCUT2D eigenvalue weighted by molar-refractivity contribution is 0.0744. The zero-order chi connectivity index (χ0) is 21.1. The van der Waals surface area contributed by atoms with Crippen LogP contribution < -0.4 is 9.47 Å². The van der Waals surface area contributed by atoms with E-state index in [9.17, 15) is 4.79 Å². The van der Waals surface area contributed by atoms with Crippen molar-refractivity contribution in [1.29, 1.82) is 0 Å². The van der Waals surface area contributed by atoms with E-state index in [4.69, 9.17) is 14.6 Å². The summed E-state index contributed by atoms with van der Waals surface area (Å²) in [6, 6.07) is 15.3. The van der Waals surface area contributed by atoms with Gasteiger partial charge in [0.05, 0.1) is 25.5 Å². The number of piperidine rings is 1. The van der Waals surface area contributed by atoms with Crippen molar-refractivity contribution in [3.63, 3.8) is 0 Å². The Morgan fingerprint density at radius 3 is 2.43 bits per heavy atom. The van der Waals surface area contributed by atoms with Gasteiger partial charge in [-0.15, -0.1) is 0 Å². The van der Waals surface area contributed by atoms with Crippen LogP contribution in [0.1, 0.15) is 23.2 Å². The summed E-state index contributed by atoms with van der Waals surface area (Å²) in [6.45, 7) is 5.39. The van der Waals surface area contributed by atoms with Crippen molar-refractivity contribution < 1.29 is 14.3 Å². The fourth-order valence-corrected chi connectivity index (χ4v) is 3.63. The fourth-order valence-electron chi connectivity index (χ4n) is 3.63. The maximum Gasteiger partial charge on any atom is 0.257 e. The summed E-state index contributed by atoms with van der Waals surface area (Å²) in [5.74, 6) is 1.26. The highest BCUT2D eigenvalue weighted by molar-refractivity contribution is 6.00. The summed E-state index contributed by atoms with van der Waals surface area (Å²) < 4.78 is 12.6. The number of nitrogens with zero attached hydrogens (tertiary/aromatic N) is 3. The maximum atomic E-state index is 13.4. The van der Waals surface area contributed by atoms with Gasteiger partial charge in [-0.25, -0.2) is 4.68 Å². The third-order valence-corrected chi connectivity index (χ3v) is 5.39. The minimum absolute atomic E-state index is 0.0300. The van der Waals surface area contributed by atoms with E-state index in [1.165, 1.54) is 5.57 Å². The number of amides is 1. The maximum absolute atomic E-state index is 13.4. The van der Waals surface area contributed by atoms with E-state index in [1.807, 2.05) is 47.4 Å². The van der Waals surface area contributed by atoms with Gasteiger partial charge in [0.1, 0.15) is 17.2 Å². The number of rotatable bonds is 5. The van der Waals surface area contributed by atoms with Crippen LogP contribution in [0.15, 0.2) is 66.9 Å². The Morgan fingerprint density at radius 2 is 1.77 bits per heavy atom. The van der Waals surface area contributed by atoms with Crippen LogP contribution in [0.5, 0.6) is 11.5 Å². The first-order chi connectivity index (χ1) is 14.6. The zero-order valence-electron chi connectivity index (χ0n) is 17.3. The molecule has 154 valence electrons. The first-order valence-corrected chi connectivity index (χ1v) is 9.94. The molecule has 1 aromatic heterocycles. The van der Waals surface area contributed by atoms with Crippen molar-refractivity contribution in [3.05, 3.63) is 72.4 Å². The van der Waals surface area contributed by atoms with Crippen molar-refractivity contribution >= 4 is 5.91 Å². The van der Waals surface area contributed by atoms with Gasteiger partial charge in [0.2, 0.25) is 0 Å². The molecule has 1 aliphatic heterocycles. The highest BCUT2D eigenvalue weighted by atomic mass is 16.5. The van der Waals surface area contributed by atoms with Crippen molar-refractivity contribution in [2.45, 2.75) is 12.8 Å². The molecular formula is C24H25N3O3. The van der Waals surface area contributed by atoms with E-state index >= 15 is 0 Å². The van der Waals surface area contributed by atoms with Crippen LogP contribution in [0.4, 0.5) is 0 Å². The van der Waals surface area contributed by atoms with Gasteiger partial charge >= 0.3 is 0 Å². The topological polar surface area (TPSA) is 56.6 Å². The lowest BCUT2D eigenvalue weighted by atomic mass is 10.0. The molecule has 1 amide bonds. The third-order valence-electron chi connectivity index (χ3n) is 5.39. The lowest BCUT2D eigenvalue weighted by Gasteiger charge is -2.28. The van der Waals surface area contributed by atoms with E-state index in [0.717, 1.165) is 24.1 Å². The number of carbonyl (C=O) groups is 1. The molecule has 0 aliphatic carbocycles. The third kappa shape index (κ3) is 3.81. The number of aromatic nitrogens is 2. The summed E-state index contributed by atoms with van der Waals surface area (Å²) in [7, 11) is 3.21. The molecule has 0 spiro atoms. The second-order valence-electron chi connectivity index (χ2n) is 7.28. The lowest BCUT2D eigenvalue weighted by Crippen LogP contribution is -2.36. The molecule has 0 N–H and O–H groups in total. The molecule has 1 fully saturated rings. The molecule has 0 saturated carbocycles. The van der Waals surface area contributed by atoms with Crippen molar-refractivity contribution in [3.8, 4) is 28.4 Å². The quantitative estimate of drug-likeness (QED) is 0.595. The number of para-hydroxylation sites is 1. The monoisotopic (exact) mass is 403 g/mol. The Hall–Kier alpha value is -3.54. The largest absolute Gasteiger partial charge is 0.497 e. The fraction of sp³-hybridized carbons (Fsp3) is 0.250. The molecule has 6 heteroatoms. The Morgan fingerprint density at radius 1 is 1.03 bits per heavy atom. The van der Waals surface area contributed by atoms with E-state index in [1.54, 1.807) is 31.2 Å². The molecule has 3 aromatic rings. The standard InChI is InChI=1S/C24H25N3O3/c1-17-11-13-26(14-12-17)24(28)21-16-27(18-7-5-4-6-8-18)25-23(21)20-10-9-19(29-2)15-22(20)30-3/h4-10,15-16H,1,11-14H2,2-3H3. The Labute approximate surface area is 176 Å². The van der Waals surface area contributed by atoms with Crippen LogP contribution in [0, 0.1) is 0 Å². The summed E-state index contributed by atoms with van der Waals surface area (Å²) in [5, 5.41) is 4.78. The van der Waals surface area contributed by atoms with Gasteiger partial charge < -0.3 is 14.4 Å². The van der Waals surface area contributed by atoms with Crippen LogP contribution in [0.2, 0.25) is 0 Å². The number of methoxy groups -OCH3 is 2. The van der Waals surface area contributed by atoms with Gasteiger partial charge in [0.15, 0.2) is 0 Å². The van der Waals surface area contributed by atoms with E-state index < -0.39 is 0 Å². The molecule has 0 atom stereocenters. The van der Waals surface area contributed by atoms with E-state index in [-0.39, 0.29) is 5.91 Å². The first-order valence-electron chi connectivity index (χ1n) is 9.94. The number of hydrogen-bond acceptors (Lipinski definition) is 4. The predicted molar refractivity (Wildman–Crippen MR) is 116 cm³/mol. The van der Waals surface area contributed by atoms with Gasteiger partial charge in [0.25, 0.3) is 5.91 Å². The Balaban J connectivity index is 1.81. The molecule has 0 unspecified atom stereocenters. The first kappa shape index (κ1) is 19.8. The summed E-state index contributed by atoms with van der Waals surface area (Å²) >= 11 is 0. The van der Waals surface area contributed by atoms with Gasteiger partial charge in [-0.3, -0.25) is 4.79 Å². The normalized spacial score (nSPS) is 13.9. The Bertz CT molecular complexity index is 1060. The number of ether oxygens (including phenoxy) is 2. The molecule has 0 radical (unpaired) electrons. The summed E-state index contributed by atoms with van der Waals surface area (Å²) in [4.78, 5) is 15.3. The molecule has 30 heavy (non-hydrogen) atoms. The smallest absolute Gasteiger partial charge is 0.257 e. The second kappa shape index (κ2) is 8.45. The van der Waals surface area contributed by atoms with Gasteiger partial charge in [-0.1, -0.05) is 30.4 Å². The van der Waals surface area contributed by atoms with E-state index in [0.29, 0.717) is 35.8 Å². The van der Waals surface area contributed by atoms with Crippen molar-refractivity contribution in [1.82, 2.24) is 14.7 Å². The second-order valence-corrected chi connectivity index (χ2v) is 7.28. The van der Waals surface area contributed by atoms with Crippen LogP contribution >= 0.6 is 0 Å². The highest BCUT2D eigenvalue weighted by Gasteiger charge is 2.26. The summed E-state index contributed by atoms with van der Waals surface area (Å²) in [6.07, 6.45) is 3.47. The SMILES string of the molecule is C=C1CCN(C(=O)c2cn(-c3ccccc3)nc2-c2ccc(OC)cc2OC)CC1. The molecule has 2 heterocycles. The van der Waals surface area contributed by atoms with Crippen LogP contribution in [-0.4, -0.2) is 47.9 Å². The van der Waals surface area contributed by atoms with E-state index in [2.05, 4.69) is 6.58 Å². The van der Waals surface area contributed by atoms with Crippen molar-refractivity contribution in [2.75, 3.05) is 27.3 Å². The molecular weight excluding hydrogens is 378 g/mol.